The SMILES string of the molecule is CCC1(C(=O)NCCCl)COC1. The average Bonchev–Trinajstić information content (AvgIpc) is 2.00. The molecule has 1 saturated heterocycles. The highest BCUT2D eigenvalue weighted by molar-refractivity contribution is 6.18. The van der Waals surface area contributed by atoms with E-state index < -0.39 is 0 Å². The highest BCUT2D eigenvalue weighted by atomic mass is 35.5. The molecule has 3 nitrogen and oxygen atoms in total. The quantitative estimate of drug-likeness (QED) is 0.667. The van der Waals surface area contributed by atoms with Gasteiger partial charge in [-0.05, 0) is 6.42 Å². The summed E-state index contributed by atoms with van der Waals surface area (Å²) in [6, 6.07) is 0. The zero-order chi connectivity index (χ0) is 9.03. The number of nitrogens with one attached hydrogen (secondary N) is 1. The van der Waals surface area contributed by atoms with Crippen molar-refractivity contribution in [2.45, 2.75) is 13.3 Å². The average molecular weight is 192 g/mol. The molecule has 1 aliphatic rings. The number of carbonyl (C=O) groups excluding carboxylic acids is 1. The van der Waals surface area contributed by atoms with Crippen molar-refractivity contribution in [2.24, 2.45) is 5.41 Å². The zero-order valence-electron chi connectivity index (χ0n) is 7.23. The van der Waals surface area contributed by atoms with Crippen LogP contribution in [0.2, 0.25) is 0 Å². The van der Waals surface area contributed by atoms with E-state index in [0.29, 0.717) is 25.6 Å². The van der Waals surface area contributed by atoms with Gasteiger partial charge < -0.3 is 10.1 Å². The van der Waals surface area contributed by atoms with E-state index in [0.717, 1.165) is 6.42 Å². The van der Waals surface area contributed by atoms with E-state index >= 15 is 0 Å². The first kappa shape index (κ1) is 9.81. The van der Waals surface area contributed by atoms with Crippen LogP contribution in [0.15, 0.2) is 0 Å². The fourth-order valence-corrected chi connectivity index (χ4v) is 1.29. The van der Waals surface area contributed by atoms with Gasteiger partial charge in [-0.3, -0.25) is 4.79 Å². The van der Waals surface area contributed by atoms with Crippen molar-refractivity contribution >= 4 is 17.5 Å². The smallest absolute Gasteiger partial charge is 0.230 e. The molecular formula is C8H14ClNO2. The Morgan fingerprint density at radius 2 is 2.33 bits per heavy atom. The molecule has 1 amide bonds. The summed E-state index contributed by atoms with van der Waals surface area (Å²) < 4.78 is 5.04. The van der Waals surface area contributed by atoms with Gasteiger partial charge in [0.2, 0.25) is 5.91 Å². The minimum absolute atomic E-state index is 0.0805. The summed E-state index contributed by atoms with van der Waals surface area (Å²) in [4.78, 5) is 11.5. The number of carbonyl (C=O) groups is 1. The number of alkyl halides is 1. The van der Waals surface area contributed by atoms with Crippen molar-refractivity contribution in [3.05, 3.63) is 0 Å². The van der Waals surface area contributed by atoms with Crippen LogP contribution < -0.4 is 5.32 Å². The van der Waals surface area contributed by atoms with Crippen LogP contribution in [0.1, 0.15) is 13.3 Å². The van der Waals surface area contributed by atoms with Crippen LogP contribution in [0, 0.1) is 5.41 Å². The molecule has 0 aromatic carbocycles. The summed E-state index contributed by atoms with van der Waals surface area (Å²) in [5, 5.41) is 2.78. The topological polar surface area (TPSA) is 38.3 Å². The molecule has 0 aromatic rings. The molecule has 1 fully saturated rings. The van der Waals surface area contributed by atoms with Gasteiger partial charge >= 0.3 is 0 Å². The van der Waals surface area contributed by atoms with E-state index in [-0.39, 0.29) is 11.3 Å². The second-order valence-corrected chi connectivity index (χ2v) is 3.45. The number of hydrogen-bond donors (Lipinski definition) is 1. The second kappa shape index (κ2) is 4.10. The number of rotatable bonds is 4. The van der Waals surface area contributed by atoms with Crippen molar-refractivity contribution in [2.75, 3.05) is 25.6 Å². The first-order valence-electron chi connectivity index (χ1n) is 4.17. The first-order chi connectivity index (χ1) is 5.75. The molecule has 1 heterocycles. The minimum atomic E-state index is -0.258. The van der Waals surface area contributed by atoms with Crippen molar-refractivity contribution in [1.29, 1.82) is 0 Å². The van der Waals surface area contributed by atoms with E-state index in [1.165, 1.54) is 0 Å². The van der Waals surface area contributed by atoms with Gasteiger partial charge in [-0.15, -0.1) is 11.6 Å². The monoisotopic (exact) mass is 191 g/mol. The molecule has 0 radical (unpaired) electrons. The fraction of sp³-hybridized carbons (Fsp3) is 0.875. The lowest BCUT2D eigenvalue weighted by Gasteiger charge is -2.38. The van der Waals surface area contributed by atoms with E-state index in [2.05, 4.69) is 5.32 Å². The third kappa shape index (κ3) is 1.72. The molecule has 0 aromatic heterocycles. The Morgan fingerprint density at radius 3 is 2.67 bits per heavy atom. The minimum Gasteiger partial charge on any atom is -0.379 e. The van der Waals surface area contributed by atoms with E-state index in [4.69, 9.17) is 16.3 Å². The van der Waals surface area contributed by atoms with Gasteiger partial charge in [0.25, 0.3) is 0 Å². The maximum absolute atomic E-state index is 11.5. The lowest BCUT2D eigenvalue weighted by molar-refractivity contribution is -0.162. The predicted molar refractivity (Wildman–Crippen MR) is 47.3 cm³/mol. The summed E-state index contributed by atoms with van der Waals surface area (Å²) in [5.74, 6) is 0.545. The summed E-state index contributed by atoms with van der Waals surface area (Å²) in [5.41, 5.74) is -0.258. The largest absolute Gasteiger partial charge is 0.379 e. The first-order valence-corrected chi connectivity index (χ1v) is 4.70. The third-order valence-corrected chi connectivity index (χ3v) is 2.48. The Morgan fingerprint density at radius 1 is 1.67 bits per heavy atom. The predicted octanol–water partition coefficient (Wildman–Crippen LogP) is 0.768. The Hall–Kier alpha value is -0.280. The Labute approximate surface area is 77.4 Å². The lowest BCUT2D eigenvalue weighted by atomic mass is 9.82. The molecule has 0 spiro atoms. The van der Waals surface area contributed by atoms with Crippen LogP contribution >= 0.6 is 11.6 Å². The Bertz CT molecular complexity index is 163. The normalized spacial score (nSPS) is 19.8. The van der Waals surface area contributed by atoms with Crippen LogP contribution in [-0.2, 0) is 9.53 Å². The van der Waals surface area contributed by atoms with Crippen molar-refractivity contribution in [3.8, 4) is 0 Å². The third-order valence-electron chi connectivity index (χ3n) is 2.30. The molecular weight excluding hydrogens is 178 g/mol. The Kier molecular flexibility index (Phi) is 3.35. The number of amides is 1. The molecule has 1 N–H and O–H groups in total. The summed E-state index contributed by atoms with van der Waals surface area (Å²) in [6.07, 6.45) is 0.834. The molecule has 0 unspecified atom stereocenters. The van der Waals surface area contributed by atoms with Crippen LogP contribution in [0.25, 0.3) is 0 Å². The molecule has 70 valence electrons. The summed E-state index contributed by atoms with van der Waals surface area (Å²) >= 11 is 5.45. The van der Waals surface area contributed by atoms with Crippen molar-refractivity contribution in [1.82, 2.24) is 5.32 Å². The fourth-order valence-electron chi connectivity index (χ4n) is 1.19. The van der Waals surface area contributed by atoms with Gasteiger partial charge in [-0.25, -0.2) is 0 Å². The maximum atomic E-state index is 11.5. The van der Waals surface area contributed by atoms with E-state index in [1.807, 2.05) is 6.92 Å². The molecule has 0 bridgehead atoms. The van der Waals surface area contributed by atoms with Crippen LogP contribution in [0.4, 0.5) is 0 Å². The molecule has 12 heavy (non-hydrogen) atoms. The van der Waals surface area contributed by atoms with Gasteiger partial charge in [0.15, 0.2) is 0 Å². The van der Waals surface area contributed by atoms with Crippen LogP contribution in [-0.4, -0.2) is 31.5 Å². The Balaban J connectivity index is 2.38. The molecule has 1 rings (SSSR count). The van der Waals surface area contributed by atoms with Crippen molar-refractivity contribution in [3.63, 3.8) is 0 Å². The van der Waals surface area contributed by atoms with Gasteiger partial charge in [0, 0.05) is 12.4 Å². The van der Waals surface area contributed by atoms with Gasteiger partial charge in [0.1, 0.15) is 0 Å². The standard InChI is InChI=1S/C8H14ClNO2/c1-2-8(5-12-6-8)7(11)10-4-3-9/h2-6H2,1H3,(H,10,11). The number of ether oxygens (including phenoxy) is 1. The maximum Gasteiger partial charge on any atom is 0.230 e. The zero-order valence-corrected chi connectivity index (χ0v) is 7.99. The molecule has 0 saturated carbocycles. The molecule has 0 aliphatic carbocycles. The lowest BCUT2D eigenvalue weighted by Crippen LogP contribution is -2.53. The summed E-state index contributed by atoms with van der Waals surface area (Å²) in [6.45, 7) is 3.65. The molecule has 4 heteroatoms. The van der Waals surface area contributed by atoms with E-state index in [9.17, 15) is 4.79 Å². The van der Waals surface area contributed by atoms with Gasteiger partial charge in [-0.1, -0.05) is 6.92 Å². The highest BCUT2D eigenvalue weighted by Gasteiger charge is 2.43. The van der Waals surface area contributed by atoms with Gasteiger partial charge in [0.05, 0.1) is 18.6 Å². The number of hydrogen-bond acceptors (Lipinski definition) is 2. The van der Waals surface area contributed by atoms with Crippen molar-refractivity contribution < 1.29 is 9.53 Å². The molecule has 1 aliphatic heterocycles. The van der Waals surface area contributed by atoms with Gasteiger partial charge in [-0.2, -0.15) is 0 Å². The van der Waals surface area contributed by atoms with E-state index in [1.54, 1.807) is 0 Å². The van der Waals surface area contributed by atoms with Crippen LogP contribution in [0.5, 0.6) is 0 Å². The summed E-state index contributed by atoms with van der Waals surface area (Å²) in [7, 11) is 0. The molecule has 0 atom stereocenters. The second-order valence-electron chi connectivity index (χ2n) is 3.07. The van der Waals surface area contributed by atoms with Crippen LogP contribution in [0.3, 0.4) is 0 Å². The highest BCUT2D eigenvalue weighted by Crippen LogP contribution is 2.31. The number of halogens is 1.